The van der Waals surface area contributed by atoms with E-state index in [1.54, 1.807) is 6.20 Å². The molecule has 0 bridgehead atoms. The van der Waals surface area contributed by atoms with Crippen LogP contribution in [0.5, 0.6) is 0 Å². The molecule has 37 heavy (non-hydrogen) atoms. The Balaban J connectivity index is 1.62. The lowest BCUT2D eigenvalue weighted by Gasteiger charge is -2.29. The van der Waals surface area contributed by atoms with Gasteiger partial charge >= 0.3 is 5.97 Å². The molecule has 4 amide bonds. The lowest BCUT2D eigenvalue weighted by Crippen LogP contribution is -2.58. The number of nitrogens with zero attached hydrogens (tertiary/aromatic N) is 1. The van der Waals surface area contributed by atoms with E-state index in [-0.39, 0.29) is 32.2 Å². The van der Waals surface area contributed by atoms with E-state index < -0.39 is 60.4 Å². The third-order valence-electron chi connectivity index (χ3n) is 6.38. The zero-order chi connectivity index (χ0) is 27.1. The molecule has 1 aromatic heterocycles. The number of hydrogen-bond acceptors (Lipinski definition) is 7. The van der Waals surface area contributed by atoms with E-state index in [0.717, 1.165) is 16.5 Å². The number of likely N-dealkylation sites (tertiary alicyclic amines) is 1. The van der Waals surface area contributed by atoms with Crippen LogP contribution in [0.15, 0.2) is 30.5 Å². The molecule has 2 heterocycles. The average Bonchev–Trinajstić information content (AvgIpc) is 3.52. The Bertz CT molecular complexity index is 1170. The highest BCUT2D eigenvalue weighted by Crippen LogP contribution is 2.20. The first-order valence-electron chi connectivity index (χ1n) is 12.0. The van der Waals surface area contributed by atoms with E-state index in [4.69, 9.17) is 11.5 Å². The molecule has 2 aromatic rings. The van der Waals surface area contributed by atoms with Gasteiger partial charge in [0.05, 0.1) is 12.6 Å². The smallest absolute Gasteiger partial charge is 0.326 e. The van der Waals surface area contributed by atoms with Crippen LogP contribution in [0.1, 0.15) is 31.2 Å². The number of rotatable bonds is 12. The van der Waals surface area contributed by atoms with Gasteiger partial charge in [-0.15, -0.1) is 0 Å². The number of carbonyl (C=O) groups excluding carboxylic acids is 4. The van der Waals surface area contributed by atoms with Crippen LogP contribution in [0.4, 0.5) is 0 Å². The molecule has 13 nitrogen and oxygen atoms in total. The standard InChI is InChI=1S/C24H32N6O7/c25-15(10-13-11-27-16-5-2-1-4-14(13)16)21(33)29-18(12-31)23(35)30-9-3-6-19(30)22(34)28-17(24(36)37)7-8-20(26)32/h1-2,4-5,11,15,17-19,27,31H,3,6-10,12,25H2,(H2,26,32)(H,28,34)(H,29,33)(H,36,37). The van der Waals surface area contributed by atoms with E-state index in [0.29, 0.717) is 6.42 Å². The fourth-order valence-corrected chi connectivity index (χ4v) is 4.41. The maximum absolute atomic E-state index is 13.1. The predicted molar refractivity (Wildman–Crippen MR) is 132 cm³/mol. The molecule has 0 spiro atoms. The summed E-state index contributed by atoms with van der Waals surface area (Å²) in [7, 11) is 0. The lowest BCUT2D eigenvalue weighted by molar-refractivity contribution is -0.145. The number of amides is 4. The molecule has 1 aliphatic rings. The van der Waals surface area contributed by atoms with Crippen LogP contribution >= 0.6 is 0 Å². The molecular formula is C24H32N6O7. The minimum atomic E-state index is -1.35. The number of primary amides is 1. The van der Waals surface area contributed by atoms with E-state index in [1.807, 2.05) is 24.3 Å². The molecule has 0 aliphatic carbocycles. The van der Waals surface area contributed by atoms with Gasteiger partial charge in [-0.25, -0.2) is 4.79 Å². The highest BCUT2D eigenvalue weighted by molar-refractivity contribution is 5.95. The van der Waals surface area contributed by atoms with Gasteiger partial charge in [0.15, 0.2) is 0 Å². The van der Waals surface area contributed by atoms with Crippen LogP contribution in [0.2, 0.25) is 0 Å². The summed E-state index contributed by atoms with van der Waals surface area (Å²) >= 11 is 0. The van der Waals surface area contributed by atoms with Crippen molar-refractivity contribution in [2.75, 3.05) is 13.2 Å². The number of aliphatic carboxylic acids is 1. The minimum Gasteiger partial charge on any atom is -0.480 e. The Morgan fingerprint density at radius 3 is 2.54 bits per heavy atom. The van der Waals surface area contributed by atoms with Crippen molar-refractivity contribution in [2.45, 2.75) is 56.3 Å². The van der Waals surface area contributed by atoms with Gasteiger partial charge in [0.2, 0.25) is 23.6 Å². The van der Waals surface area contributed by atoms with Crippen molar-refractivity contribution in [2.24, 2.45) is 11.5 Å². The Labute approximate surface area is 212 Å². The SMILES string of the molecule is NC(=O)CCC(NC(=O)C1CCCN1C(=O)C(CO)NC(=O)C(N)Cc1c[nH]c2ccccc12)C(=O)O. The fourth-order valence-electron chi connectivity index (χ4n) is 4.41. The number of para-hydroxylation sites is 1. The first-order chi connectivity index (χ1) is 17.6. The number of hydrogen-bond donors (Lipinski definition) is 7. The normalized spacial score (nSPS) is 17.7. The molecule has 4 atom stereocenters. The molecule has 0 radical (unpaired) electrons. The molecule has 1 aromatic carbocycles. The van der Waals surface area contributed by atoms with Crippen molar-refractivity contribution in [1.82, 2.24) is 20.5 Å². The number of H-pyrrole nitrogens is 1. The molecule has 3 rings (SSSR count). The number of aliphatic hydroxyl groups excluding tert-OH is 1. The summed E-state index contributed by atoms with van der Waals surface area (Å²) < 4.78 is 0. The summed E-state index contributed by atoms with van der Waals surface area (Å²) in [5.41, 5.74) is 12.9. The third-order valence-corrected chi connectivity index (χ3v) is 6.38. The summed E-state index contributed by atoms with van der Waals surface area (Å²) in [6.45, 7) is -0.532. The number of carbonyl (C=O) groups is 5. The molecule has 1 aliphatic heterocycles. The van der Waals surface area contributed by atoms with Gasteiger partial charge in [-0.2, -0.15) is 0 Å². The zero-order valence-corrected chi connectivity index (χ0v) is 20.2. The number of nitrogens with one attached hydrogen (secondary N) is 3. The van der Waals surface area contributed by atoms with Crippen LogP contribution in [0.3, 0.4) is 0 Å². The first-order valence-corrected chi connectivity index (χ1v) is 12.0. The number of carboxylic acid groups (broad SMARTS) is 1. The van der Waals surface area contributed by atoms with Crippen molar-refractivity contribution < 1.29 is 34.2 Å². The quantitative estimate of drug-likeness (QED) is 0.173. The summed E-state index contributed by atoms with van der Waals surface area (Å²) in [5.74, 6) is -4.08. The van der Waals surface area contributed by atoms with Crippen LogP contribution in [0.25, 0.3) is 10.9 Å². The summed E-state index contributed by atoms with van der Waals surface area (Å²) in [6, 6.07) is 2.85. The van der Waals surface area contributed by atoms with E-state index in [1.165, 1.54) is 4.90 Å². The number of aromatic amines is 1. The van der Waals surface area contributed by atoms with Gasteiger partial charge in [-0.05, 0) is 37.3 Å². The van der Waals surface area contributed by atoms with Gasteiger partial charge in [0.1, 0.15) is 18.1 Å². The first kappa shape index (κ1) is 27.6. The van der Waals surface area contributed by atoms with Crippen molar-refractivity contribution in [3.8, 4) is 0 Å². The maximum Gasteiger partial charge on any atom is 0.326 e. The maximum atomic E-state index is 13.1. The highest BCUT2D eigenvalue weighted by Gasteiger charge is 2.39. The predicted octanol–water partition coefficient (Wildman–Crippen LogP) is -1.66. The van der Waals surface area contributed by atoms with Crippen molar-refractivity contribution in [1.29, 1.82) is 0 Å². The highest BCUT2D eigenvalue weighted by atomic mass is 16.4. The van der Waals surface area contributed by atoms with Crippen molar-refractivity contribution >= 4 is 40.5 Å². The summed E-state index contributed by atoms with van der Waals surface area (Å²) in [4.78, 5) is 65.4. The average molecular weight is 517 g/mol. The molecule has 4 unspecified atom stereocenters. The second-order valence-electron chi connectivity index (χ2n) is 9.01. The largest absolute Gasteiger partial charge is 0.480 e. The topological polar surface area (TPSA) is 221 Å². The Morgan fingerprint density at radius 1 is 1.14 bits per heavy atom. The molecule has 0 saturated carbocycles. The second-order valence-corrected chi connectivity index (χ2v) is 9.01. The second kappa shape index (κ2) is 12.3. The fraction of sp³-hybridized carbons (Fsp3) is 0.458. The molecule has 1 saturated heterocycles. The van der Waals surface area contributed by atoms with Crippen LogP contribution < -0.4 is 22.1 Å². The number of nitrogens with two attached hydrogens (primary N) is 2. The number of aliphatic hydroxyl groups is 1. The van der Waals surface area contributed by atoms with Crippen molar-refractivity contribution in [3.05, 3.63) is 36.0 Å². The van der Waals surface area contributed by atoms with Crippen LogP contribution in [-0.4, -0.2) is 87.0 Å². The van der Waals surface area contributed by atoms with Crippen LogP contribution in [-0.2, 0) is 30.4 Å². The van der Waals surface area contributed by atoms with E-state index in [2.05, 4.69) is 15.6 Å². The van der Waals surface area contributed by atoms with Gasteiger partial charge in [0.25, 0.3) is 0 Å². The molecular weight excluding hydrogens is 484 g/mol. The minimum absolute atomic E-state index is 0.184. The van der Waals surface area contributed by atoms with E-state index in [9.17, 15) is 34.2 Å². The summed E-state index contributed by atoms with van der Waals surface area (Å²) in [5, 5.41) is 24.9. The third kappa shape index (κ3) is 6.83. The lowest BCUT2D eigenvalue weighted by atomic mass is 10.0. The molecule has 1 fully saturated rings. The van der Waals surface area contributed by atoms with Gasteiger partial charge in [-0.1, -0.05) is 18.2 Å². The van der Waals surface area contributed by atoms with Gasteiger partial charge < -0.3 is 42.2 Å². The molecule has 9 N–H and O–H groups in total. The van der Waals surface area contributed by atoms with Crippen LogP contribution in [0, 0.1) is 0 Å². The number of benzene rings is 1. The van der Waals surface area contributed by atoms with E-state index >= 15 is 0 Å². The van der Waals surface area contributed by atoms with Gasteiger partial charge in [0, 0.05) is 30.1 Å². The Kier molecular flexibility index (Phi) is 9.20. The van der Waals surface area contributed by atoms with Gasteiger partial charge in [-0.3, -0.25) is 19.2 Å². The summed E-state index contributed by atoms with van der Waals surface area (Å²) in [6.07, 6.45) is 2.26. The Hall–Kier alpha value is -3.97. The molecule has 13 heteroatoms. The zero-order valence-electron chi connectivity index (χ0n) is 20.2. The molecule has 200 valence electrons. The number of fused-ring (bicyclic) bond motifs is 1. The number of carboxylic acids is 1. The number of aromatic nitrogens is 1. The monoisotopic (exact) mass is 516 g/mol. The van der Waals surface area contributed by atoms with Crippen molar-refractivity contribution in [3.63, 3.8) is 0 Å². The Morgan fingerprint density at radius 2 is 1.86 bits per heavy atom.